The van der Waals surface area contributed by atoms with Gasteiger partial charge in [0.25, 0.3) is 0 Å². The third kappa shape index (κ3) is 3.24. The van der Waals surface area contributed by atoms with E-state index in [0.29, 0.717) is 12.1 Å². The van der Waals surface area contributed by atoms with Crippen LogP contribution in [0.3, 0.4) is 0 Å². The second-order valence-corrected chi connectivity index (χ2v) is 6.95. The molecule has 0 radical (unpaired) electrons. The van der Waals surface area contributed by atoms with Gasteiger partial charge in [-0.2, -0.15) is 5.26 Å². The van der Waals surface area contributed by atoms with Crippen LogP contribution >= 0.6 is 0 Å². The molecule has 2 aliphatic rings. The Bertz CT molecular complexity index is 835. The average Bonchev–Trinajstić information content (AvgIpc) is 2.63. The molecule has 3 nitrogen and oxygen atoms in total. The SMILES string of the molecule is Cc1ccc(C#N)cc1C1=CC2COCC(C1)N2Cc1ccccc1. The molecule has 0 aliphatic carbocycles. The van der Waals surface area contributed by atoms with Crippen LogP contribution in [0.4, 0.5) is 0 Å². The number of hydrogen-bond acceptors (Lipinski definition) is 3. The lowest BCUT2D eigenvalue weighted by Crippen LogP contribution is -2.53. The maximum Gasteiger partial charge on any atom is 0.0991 e. The Morgan fingerprint density at radius 3 is 2.76 bits per heavy atom. The zero-order chi connectivity index (χ0) is 17.2. The molecule has 0 amide bonds. The van der Waals surface area contributed by atoms with Gasteiger partial charge in [-0.05, 0) is 47.7 Å². The van der Waals surface area contributed by atoms with Gasteiger partial charge in [-0.3, -0.25) is 4.90 Å². The van der Waals surface area contributed by atoms with E-state index in [-0.39, 0.29) is 0 Å². The van der Waals surface area contributed by atoms with Crippen LogP contribution in [0.2, 0.25) is 0 Å². The lowest BCUT2D eigenvalue weighted by Gasteiger charge is -2.45. The predicted molar refractivity (Wildman–Crippen MR) is 98.9 cm³/mol. The average molecular weight is 330 g/mol. The van der Waals surface area contributed by atoms with Crippen LogP contribution < -0.4 is 0 Å². The minimum Gasteiger partial charge on any atom is -0.378 e. The minimum absolute atomic E-state index is 0.299. The molecule has 0 aromatic heterocycles. The Kier molecular flexibility index (Phi) is 4.40. The van der Waals surface area contributed by atoms with Gasteiger partial charge < -0.3 is 4.74 Å². The Morgan fingerprint density at radius 2 is 2.00 bits per heavy atom. The minimum atomic E-state index is 0.299. The number of nitrogens with zero attached hydrogens (tertiary/aromatic N) is 2. The van der Waals surface area contributed by atoms with Crippen molar-refractivity contribution in [2.75, 3.05) is 13.2 Å². The molecule has 2 unspecified atom stereocenters. The smallest absolute Gasteiger partial charge is 0.0991 e. The molecular formula is C22H22N2O. The van der Waals surface area contributed by atoms with Crippen molar-refractivity contribution in [3.8, 4) is 6.07 Å². The lowest BCUT2D eigenvalue weighted by atomic mass is 9.87. The molecule has 4 rings (SSSR count). The molecule has 3 heteroatoms. The second kappa shape index (κ2) is 6.84. The highest BCUT2D eigenvalue weighted by atomic mass is 16.5. The first-order valence-electron chi connectivity index (χ1n) is 8.84. The number of nitriles is 1. The third-order valence-corrected chi connectivity index (χ3v) is 5.26. The molecule has 25 heavy (non-hydrogen) atoms. The number of fused-ring (bicyclic) bond motifs is 2. The molecule has 2 atom stereocenters. The summed E-state index contributed by atoms with van der Waals surface area (Å²) in [4.78, 5) is 2.56. The van der Waals surface area contributed by atoms with Crippen LogP contribution in [-0.4, -0.2) is 30.2 Å². The number of benzene rings is 2. The van der Waals surface area contributed by atoms with Crippen molar-refractivity contribution in [1.82, 2.24) is 4.90 Å². The Morgan fingerprint density at radius 1 is 1.16 bits per heavy atom. The van der Waals surface area contributed by atoms with Gasteiger partial charge in [0.1, 0.15) is 0 Å². The summed E-state index contributed by atoms with van der Waals surface area (Å²) in [5.41, 5.74) is 5.89. The number of hydrogen-bond donors (Lipinski definition) is 0. The van der Waals surface area contributed by atoms with Gasteiger partial charge in [-0.1, -0.05) is 42.5 Å². The zero-order valence-electron chi connectivity index (χ0n) is 14.5. The molecule has 0 saturated carbocycles. The van der Waals surface area contributed by atoms with Crippen molar-refractivity contribution in [3.05, 3.63) is 76.9 Å². The summed E-state index contributed by atoms with van der Waals surface area (Å²) in [6.07, 6.45) is 3.32. The molecule has 1 saturated heterocycles. The van der Waals surface area contributed by atoms with Crippen molar-refractivity contribution >= 4 is 5.57 Å². The number of aryl methyl sites for hydroxylation is 1. The molecule has 2 heterocycles. The number of morpholine rings is 1. The summed E-state index contributed by atoms with van der Waals surface area (Å²) >= 11 is 0. The van der Waals surface area contributed by atoms with Crippen LogP contribution in [0, 0.1) is 18.3 Å². The van der Waals surface area contributed by atoms with Gasteiger partial charge in [0, 0.05) is 12.6 Å². The molecule has 2 aromatic carbocycles. The van der Waals surface area contributed by atoms with Gasteiger partial charge >= 0.3 is 0 Å². The maximum absolute atomic E-state index is 9.22. The van der Waals surface area contributed by atoms with Crippen LogP contribution in [0.1, 0.15) is 28.7 Å². The van der Waals surface area contributed by atoms with Gasteiger partial charge in [0.05, 0.1) is 30.9 Å². The van der Waals surface area contributed by atoms with Crippen LogP contribution in [0.15, 0.2) is 54.6 Å². The first-order valence-corrected chi connectivity index (χ1v) is 8.84. The second-order valence-electron chi connectivity index (χ2n) is 6.95. The zero-order valence-corrected chi connectivity index (χ0v) is 14.5. The number of rotatable bonds is 3. The first kappa shape index (κ1) is 16.1. The fourth-order valence-electron chi connectivity index (χ4n) is 3.94. The van der Waals surface area contributed by atoms with Crippen molar-refractivity contribution < 1.29 is 4.74 Å². The molecule has 2 aromatic rings. The molecule has 0 N–H and O–H groups in total. The van der Waals surface area contributed by atoms with Crippen LogP contribution in [-0.2, 0) is 11.3 Å². The summed E-state index contributed by atoms with van der Waals surface area (Å²) in [7, 11) is 0. The monoisotopic (exact) mass is 330 g/mol. The maximum atomic E-state index is 9.22. The fraction of sp³-hybridized carbons (Fsp3) is 0.318. The molecule has 2 aliphatic heterocycles. The Hall–Kier alpha value is -2.41. The van der Waals surface area contributed by atoms with E-state index in [0.717, 1.165) is 31.7 Å². The van der Waals surface area contributed by atoms with Crippen LogP contribution in [0.5, 0.6) is 0 Å². The predicted octanol–water partition coefficient (Wildman–Crippen LogP) is 3.92. The van der Waals surface area contributed by atoms with E-state index in [4.69, 9.17) is 4.74 Å². The summed E-state index contributed by atoms with van der Waals surface area (Å²) in [6, 6.07) is 19.6. The lowest BCUT2D eigenvalue weighted by molar-refractivity contribution is -0.0402. The van der Waals surface area contributed by atoms with E-state index < -0.39 is 0 Å². The summed E-state index contributed by atoms with van der Waals surface area (Å²) in [5, 5.41) is 9.22. The topological polar surface area (TPSA) is 36.3 Å². The third-order valence-electron chi connectivity index (χ3n) is 5.26. The standard InChI is InChI=1S/C22H22N2O/c1-16-7-8-18(12-23)9-22(16)19-10-20-14-25-15-21(11-19)24(20)13-17-5-3-2-4-6-17/h2-10,20-21H,11,13-15H2,1H3. The van der Waals surface area contributed by atoms with E-state index in [1.807, 2.05) is 12.1 Å². The van der Waals surface area contributed by atoms with Crippen molar-refractivity contribution in [2.24, 2.45) is 0 Å². The molecular weight excluding hydrogens is 308 g/mol. The number of ether oxygens (including phenoxy) is 1. The largest absolute Gasteiger partial charge is 0.378 e. The Labute approximate surface area is 149 Å². The highest BCUT2D eigenvalue weighted by Gasteiger charge is 2.35. The molecule has 2 bridgehead atoms. The van der Waals surface area contributed by atoms with E-state index in [1.54, 1.807) is 0 Å². The Balaban J connectivity index is 1.64. The van der Waals surface area contributed by atoms with Crippen molar-refractivity contribution in [2.45, 2.75) is 32.0 Å². The van der Waals surface area contributed by atoms with Gasteiger partial charge in [-0.15, -0.1) is 0 Å². The van der Waals surface area contributed by atoms with Gasteiger partial charge in [0.15, 0.2) is 0 Å². The summed E-state index contributed by atoms with van der Waals surface area (Å²) < 4.78 is 5.83. The fourth-order valence-corrected chi connectivity index (χ4v) is 3.94. The van der Waals surface area contributed by atoms with E-state index in [1.165, 1.54) is 22.3 Å². The van der Waals surface area contributed by atoms with Gasteiger partial charge in [-0.25, -0.2) is 0 Å². The molecule has 1 fully saturated rings. The first-order chi connectivity index (χ1) is 12.2. The molecule has 126 valence electrons. The van der Waals surface area contributed by atoms with Crippen molar-refractivity contribution in [1.29, 1.82) is 5.26 Å². The van der Waals surface area contributed by atoms with E-state index >= 15 is 0 Å². The van der Waals surface area contributed by atoms with E-state index in [9.17, 15) is 5.26 Å². The summed E-state index contributed by atoms with van der Waals surface area (Å²) in [6.45, 7) is 4.60. The van der Waals surface area contributed by atoms with Crippen molar-refractivity contribution in [3.63, 3.8) is 0 Å². The normalized spacial score (nSPS) is 23.0. The highest BCUT2D eigenvalue weighted by Crippen LogP contribution is 2.35. The highest BCUT2D eigenvalue weighted by molar-refractivity contribution is 5.71. The molecule has 0 spiro atoms. The summed E-state index contributed by atoms with van der Waals surface area (Å²) in [5.74, 6) is 0. The quantitative estimate of drug-likeness (QED) is 0.856. The van der Waals surface area contributed by atoms with Gasteiger partial charge in [0.2, 0.25) is 0 Å². The van der Waals surface area contributed by atoms with E-state index in [2.05, 4.69) is 60.4 Å². The van der Waals surface area contributed by atoms with Crippen LogP contribution in [0.25, 0.3) is 5.57 Å².